The normalized spacial score (nSPS) is 16.0. The number of para-hydroxylation sites is 2. The zero-order valence-corrected chi connectivity index (χ0v) is 13.2. The van der Waals surface area contributed by atoms with Crippen LogP contribution in [0.15, 0.2) is 48.5 Å². The summed E-state index contributed by atoms with van der Waals surface area (Å²) in [5, 5.41) is 2.64. The Hall–Kier alpha value is -2.49. The van der Waals surface area contributed by atoms with Crippen LogP contribution < -0.4 is 14.8 Å². The third-order valence-electron chi connectivity index (χ3n) is 3.99. The van der Waals surface area contributed by atoms with Crippen molar-refractivity contribution in [2.75, 3.05) is 13.7 Å². The van der Waals surface area contributed by atoms with Crippen molar-refractivity contribution in [3.63, 3.8) is 0 Å². The topological polar surface area (TPSA) is 47.6 Å². The molecule has 1 amide bonds. The van der Waals surface area contributed by atoms with Gasteiger partial charge in [0.2, 0.25) is 5.91 Å². The molecule has 4 heteroatoms. The zero-order chi connectivity index (χ0) is 16.1. The first-order valence-electron chi connectivity index (χ1n) is 7.91. The van der Waals surface area contributed by atoms with Gasteiger partial charge >= 0.3 is 0 Å². The summed E-state index contributed by atoms with van der Waals surface area (Å²) in [6.07, 6.45) is 2.34. The van der Waals surface area contributed by atoms with Crippen molar-refractivity contribution < 1.29 is 14.3 Å². The lowest BCUT2D eigenvalue weighted by atomic mass is 10.0. The summed E-state index contributed by atoms with van der Waals surface area (Å²) in [5.41, 5.74) is 2.27. The largest absolute Gasteiger partial charge is 0.486 e. The van der Waals surface area contributed by atoms with Gasteiger partial charge in [-0.05, 0) is 36.1 Å². The Kier molecular flexibility index (Phi) is 4.81. The molecule has 0 saturated carbocycles. The third-order valence-corrected chi connectivity index (χ3v) is 3.99. The van der Waals surface area contributed by atoms with E-state index in [0.29, 0.717) is 13.0 Å². The third kappa shape index (κ3) is 4.03. The van der Waals surface area contributed by atoms with Crippen LogP contribution in [0.3, 0.4) is 0 Å². The van der Waals surface area contributed by atoms with Crippen LogP contribution in [-0.4, -0.2) is 25.7 Å². The van der Waals surface area contributed by atoms with Gasteiger partial charge < -0.3 is 14.8 Å². The lowest BCUT2D eigenvalue weighted by molar-refractivity contribution is -0.119. The maximum Gasteiger partial charge on any atom is 0.224 e. The molecule has 2 aromatic carbocycles. The van der Waals surface area contributed by atoms with Crippen LogP contribution in [0, 0.1) is 0 Å². The van der Waals surface area contributed by atoms with Gasteiger partial charge in [-0.1, -0.05) is 36.4 Å². The fourth-order valence-electron chi connectivity index (χ4n) is 2.63. The first kappa shape index (κ1) is 15.4. The molecule has 0 spiro atoms. The fourth-order valence-corrected chi connectivity index (χ4v) is 2.63. The second kappa shape index (κ2) is 7.18. The smallest absolute Gasteiger partial charge is 0.224 e. The van der Waals surface area contributed by atoms with Crippen molar-refractivity contribution in [3.8, 4) is 11.5 Å². The van der Waals surface area contributed by atoms with Crippen LogP contribution in [0.5, 0.6) is 11.5 Å². The predicted molar refractivity (Wildman–Crippen MR) is 88.9 cm³/mol. The minimum absolute atomic E-state index is 0.0316. The highest BCUT2D eigenvalue weighted by Gasteiger charge is 2.20. The molecule has 0 unspecified atom stereocenters. The van der Waals surface area contributed by atoms with Gasteiger partial charge in [0, 0.05) is 7.05 Å². The monoisotopic (exact) mass is 311 g/mol. The van der Waals surface area contributed by atoms with Gasteiger partial charge in [-0.15, -0.1) is 0 Å². The summed E-state index contributed by atoms with van der Waals surface area (Å²) in [7, 11) is 1.65. The number of amides is 1. The Labute approximate surface area is 136 Å². The number of nitrogens with one attached hydrogen (secondary N) is 1. The Balaban J connectivity index is 1.52. The van der Waals surface area contributed by atoms with Crippen LogP contribution in [0.1, 0.15) is 17.5 Å². The number of fused-ring (bicyclic) bond motifs is 1. The highest BCUT2D eigenvalue weighted by atomic mass is 16.6. The summed E-state index contributed by atoms with van der Waals surface area (Å²) in [6, 6.07) is 16.0. The second-order valence-electron chi connectivity index (χ2n) is 5.70. The quantitative estimate of drug-likeness (QED) is 0.923. The molecule has 0 aliphatic carbocycles. The molecule has 23 heavy (non-hydrogen) atoms. The van der Waals surface area contributed by atoms with E-state index in [1.165, 1.54) is 5.56 Å². The first-order chi connectivity index (χ1) is 11.2. The molecule has 1 N–H and O–H groups in total. The lowest BCUT2D eigenvalue weighted by Crippen LogP contribution is -2.29. The van der Waals surface area contributed by atoms with Gasteiger partial charge in [0.25, 0.3) is 0 Å². The minimum atomic E-state index is 0.0316. The van der Waals surface area contributed by atoms with Crippen molar-refractivity contribution in [2.45, 2.75) is 25.4 Å². The number of benzene rings is 2. The van der Waals surface area contributed by atoms with E-state index in [4.69, 9.17) is 9.47 Å². The molecule has 3 rings (SSSR count). The van der Waals surface area contributed by atoms with Crippen LogP contribution in [0.25, 0.3) is 0 Å². The Morgan fingerprint density at radius 3 is 2.52 bits per heavy atom. The summed E-state index contributed by atoms with van der Waals surface area (Å²) in [6.45, 7) is 0.589. The van der Waals surface area contributed by atoms with Gasteiger partial charge in [0.05, 0.1) is 6.42 Å². The predicted octanol–water partition coefficient (Wildman–Crippen LogP) is 2.75. The van der Waals surface area contributed by atoms with Crippen molar-refractivity contribution in [1.29, 1.82) is 0 Å². The van der Waals surface area contributed by atoms with Gasteiger partial charge in [-0.3, -0.25) is 4.79 Å². The van der Waals surface area contributed by atoms with Crippen LogP contribution in [-0.2, 0) is 17.6 Å². The summed E-state index contributed by atoms with van der Waals surface area (Å²) in [4.78, 5) is 11.4. The van der Waals surface area contributed by atoms with Gasteiger partial charge in [-0.2, -0.15) is 0 Å². The maximum atomic E-state index is 11.4. The number of hydrogen-bond donors (Lipinski definition) is 1. The Bertz CT molecular complexity index is 667. The highest BCUT2D eigenvalue weighted by molar-refractivity contribution is 5.78. The molecule has 1 atom stereocenters. The minimum Gasteiger partial charge on any atom is -0.486 e. The maximum absolute atomic E-state index is 11.4. The van der Waals surface area contributed by atoms with E-state index in [2.05, 4.69) is 17.4 Å². The number of aryl methyl sites for hydroxylation is 1. The van der Waals surface area contributed by atoms with Crippen molar-refractivity contribution in [3.05, 3.63) is 59.7 Å². The summed E-state index contributed by atoms with van der Waals surface area (Å²) >= 11 is 0. The molecular weight excluding hydrogens is 290 g/mol. The number of rotatable bonds is 5. The standard InChI is InChI=1S/C19H21NO3/c1-20-19(21)12-15-8-6-14(7-9-15)10-11-16-13-22-17-4-2-3-5-18(17)23-16/h2-9,16H,10-13H2,1H3,(H,20,21)/t16-/m0/s1. The van der Waals surface area contributed by atoms with E-state index in [-0.39, 0.29) is 12.0 Å². The highest BCUT2D eigenvalue weighted by Crippen LogP contribution is 2.31. The second-order valence-corrected chi connectivity index (χ2v) is 5.70. The van der Waals surface area contributed by atoms with Crippen molar-refractivity contribution in [1.82, 2.24) is 5.32 Å². The van der Waals surface area contributed by atoms with E-state index < -0.39 is 0 Å². The number of likely N-dealkylation sites (N-methyl/N-ethyl adjacent to an activating group) is 1. The van der Waals surface area contributed by atoms with Gasteiger partial charge in [0.1, 0.15) is 12.7 Å². The van der Waals surface area contributed by atoms with Crippen LogP contribution >= 0.6 is 0 Å². The van der Waals surface area contributed by atoms with E-state index in [1.807, 2.05) is 36.4 Å². The number of carbonyl (C=O) groups is 1. The van der Waals surface area contributed by atoms with Gasteiger partial charge in [0.15, 0.2) is 11.5 Å². The molecule has 0 aromatic heterocycles. The molecule has 4 nitrogen and oxygen atoms in total. The summed E-state index contributed by atoms with van der Waals surface area (Å²) in [5.74, 6) is 1.68. The molecule has 0 radical (unpaired) electrons. The Morgan fingerprint density at radius 2 is 1.78 bits per heavy atom. The average Bonchev–Trinajstić information content (AvgIpc) is 2.61. The van der Waals surface area contributed by atoms with E-state index in [1.54, 1.807) is 7.05 Å². The first-order valence-corrected chi connectivity index (χ1v) is 7.91. The molecule has 120 valence electrons. The SMILES string of the molecule is CNC(=O)Cc1ccc(CC[C@H]2COc3ccccc3O2)cc1. The molecule has 0 bridgehead atoms. The number of hydrogen-bond acceptors (Lipinski definition) is 3. The zero-order valence-electron chi connectivity index (χ0n) is 13.2. The molecular formula is C19H21NO3. The molecule has 2 aromatic rings. The molecule has 1 heterocycles. The van der Waals surface area contributed by atoms with Crippen LogP contribution in [0.2, 0.25) is 0 Å². The van der Waals surface area contributed by atoms with Crippen molar-refractivity contribution >= 4 is 5.91 Å². The lowest BCUT2D eigenvalue weighted by Gasteiger charge is -2.26. The summed E-state index contributed by atoms with van der Waals surface area (Å²) < 4.78 is 11.7. The fraction of sp³-hybridized carbons (Fsp3) is 0.316. The van der Waals surface area contributed by atoms with E-state index >= 15 is 0 Å². The molecule has 0 fully saturated rings. The number of carbonyl (C=O) groups excluding carboxylic acids is 1. The number of ether oxygens (including phenoxy) is 2. The van der Waals surface area contributed by atoms with E-state index in [9.17, 15) is 4.79 Å². The molecule has 0 saturated heterocycles. The van der Waals surface area contributed by atoms with Gasteiger partial charge in [-0.25, -0.2) is 0 Å². The average molecular weight is 311 g/mol. The van der Waals surface area contributed by atoms with Crippen molar-refractivity contribution in [2.24, 2.45) is 0 Å². The Morgan fingerprint density at radius 1 is 1.09 bits per heavy atom. The molecule has 1 aliphatic heterocycles. The van der Waals surface area contributed by atoms with E-state index in [0.717, 1.165) is 29.9 Å². The van der Waals surface area contributed by atoms with Crippen LogP contribution in [0.4, 0.5) is 0 Å². The molecule has 1 aliphatic rings.